The van der Waals surface area contributed by atoms with Crippen molar-refractivity contribution < 1.29 is 13.2 Å². The number of nitrogens with one attached hydrogen (secondary N) is 2. The Balaban J connectivity index is 1.58. The number of pyridine rings is 2. The summed E-state index contributed by atoms with van der Waals surface area (Å²) in [6.07, 6.45) is 2.56. The summed E-state index contributed by atoms with van der Waals surface area (Å²) in [4.78, 5) is 23.7. The first-order valence-corrected chi connectivity index (χ1v) is 12.7. The fourth-order valence-electron chi connectivity index (χ4n) is 3.96. The summed E-state index contributed by atoms with van der Waals surface area (Å²) < 4.78 is 28.2. The van der Waals surface area contributed by atoms with E-state index in [4.69, 9.17) is 11.6 Å². The maximum Gasteiger partial charge on any atom is 0.281 e. The Bertz CT molecular complexity index is 1330. The van der Waals surface area contributed by atoms with Gasteiger partial charge in [0.2, 0.25) is 0 Å². The van der Waals surface area contributed by atoms with Crippen molar-refractivity contribution in [1.82, 2.24) is 14.7 Å². The second-order valence-electron chi connectivity index (χ2n) is 8.77. The van der Waals surface area contributed by atoms with E-state index in [1.807, 2.05) is 0 Å². The zero-order valence-corrected chi connectivity index (χ0v) is 20.7. The smallest absolute Gasteiger partial charge is 0.281 e. The highest BCUT2D eigenvalue weighted by Crippen LogP contribution is 2.38. The van der Waals surface area contributed by atoms with Gasteiger partial charge in [0.1, 0.15) is 11.6 Å². The van der Waals surface area contributed by atoms with Crippen LogP contribution in [0.5, 0.6) is 0 Å². The minimum atomic E-state index is -4.24. The monoisotopic (exact) mass is 499 g/mol. The molecule has 178 valence electrons. The zero-order valence-electron chi connectivity index (χ0n) is 19.1. The van der Waals surface area contributed by atoms with Gasteiger partial charge in [-0.15, -0.1) is 0 Å². The van der Waals surface area contributed by atoms with Crippen LogP contribution in [0, 0.1) is 5.92 Å². The first kappa shape index (κ1) is 24.0. The number of benzene rings is 1. The number of hydrogen-bond acceptors (Lipinski definition) is 7. The average molecular weight is 500 g/mol. The van der Waals surface area contributed by atoms with Crippen LogP contribution in [0.4, 0.5) is 17.3 Å². The van der Waals surface area contributed by atoms with Crippen molar-refractivity contribution in [2.24, 2.45) is 5.92 Å². The summed E-state index contributed by atoms with van der Waals surface area (Å²) in [5.74, 6) is 0.376. The number of carbonyl (C=O) groups is 1. The van der Waals surface area contributed by atoms with Crippen molar-refractivity contribution in [3.63, 3.8) is 0 Å². The molecule has 10 heteroatoms. The zero-order chi connectivity index (χ0) is 24.5. The quantitative estimate of drug-likeness (QED) is 0.510. The molecule has 0 bridgehead atoms. The van der Waals surface area contributed by atoms with Gasteiger partial charge in [-0.25, -0.2) is 14.7 Å². The van der Waals surface area contributed by atoms with E-state index in [0.29, 0.717) is 22.4 Å². The van der Waals surface area contributed by atoms with E-state index in [1.165, 1.54) is 12.1 Å². The molecule has 1 amide bonds. The van der Waals surface area contributed by atoms with Crippen molar-refractivity contribution in [2.75, 3.05) is 16.8 Å². The molecule has 4 rings (SSSR count). The lowest BCUT2D eigenvalue weighted by Gasteiger charge is -2.36. The van der Waals surface area contributed by atoms with Crippen LogP contribution in [0.3, 0.4) is 0 Å². The average Bonchev–Trinajstić information content (AvgIpc) is 3.07. The van der Waals surface area contributed by atoms with E-state index in [1.54, 1.807) is 48.7 Å². The Morgan fingerprint density at radius 2 is 1.88 bits per heavy atom. The van der Waals surface area contributed by atoms with Gasteiger partial charge in [-0.05, 0) is 62.6 Å². The van der Waals surface area contributed by atoms with Crippen LogP contribution in [0.15, 0.2) is 65.8 Å². The highest BCUT2D eigenvalue weighted by molar-refractivity contribution is 7.90. The number of rotatable bonds is 6. The molecule has 0 saturated carbocycles. The van der Waals surface area contributed by atoms with Crippen LogP contribution in [0.2, 0.25) is 5.02 Å². The number of carbonyl (C=O) groups excluding carboxylic acids is 1. The van der Waals surface area contributed by atoms with Crippen LogP contribution < -0.4 is 14.9 Å². The molecule has 1 saturated heterocycles. The molecule has 3 heterocycles. The predicted octanol–water partition coefficient (Wildman–Crippen LogP) is 4.62. The summed E-state index contributed by atoms with van der Waals surface area (Å²) >= 11 is 6.16. The van der Waals surface area contributed by atoms with E-state index in [9.17, 15) is 13.2 Å². The number of nitrogens with zero attached hydrogens (tertiary/aromatic N) is 3. The van der Waals surface area contributed by atoms with Crippen molar-refractivity contribution in [3.05, 3.63) is 71.4 Å². The maximum atomic E-state index is 13.1. The molecule has 8 nitrogen and oxygen atoms in total. The van der Waals surface area contributed by atoms with Gasteiger partial charge >= 0.3 is 0 Å². The van der Waals surface area contributed by atoms with E-state index in [-0.39, 0.29) is 21.9 Å². The minimum absolute atomic E-state index is 0.193. The molecule has 1 aliphatic heterocycles. The van der Waals surface area contributed by atoms with Crippen LogP contribution >= 0.6 is 11.6 Å². The van der Waals surface area contributed by atoms with Gasteiger partial charge in [-0.3, -0.25) is 4.79 Å². The van der Waals surface area contributed by atoms with Gasteiger partial charge in [0, 0.05) is 18.3 Å². The van der Waals surface area contributed by atoms with E-state index in [0.717, 1.165) is 13.0 Å². The number of anilines is 3. The van der Waals surface area contributed by atoms with E-state index in [2.05, 4.69) is 45.7 Å². The molecule has 0 radical (unpaired) electrons. The maximum absolute atomic E-state index is 13.1. The molecule has 2 aromatic heterocycles. The minimum Gasteiger partial charge on any atom is -0.351 e. The molecule has 1 atom stereocenters. The van der Waals surface area contributed by atoms with Gasteiger partial charge in [0.05, 0.1) is 16.3 Å². The molecule has 3 aromatic rings. The summed E-state index contributed by atoms with van der Waals surface area (Å²) in [5, 5.41) is 3.17. The Morgan fingerprint density at radius 1 is 1.12 bits per heavy atom. The molecular weight excluding hydrogens is 474 g/mol. The SMILES string of the molecule is CC1CCN(c2ncccc2C(=O)NS(=O)(=O)c2cccc(Nc3ccccc3Cl)n2)C1(C)C. The number of hydrogen-bond donors (Lipinski definition) is 2. The second-order valence-corrected chi connectivity index (χ2v) is 10.8. The Kier molecular flexibility index (Phi) is 6.51. The molecule has 34 heavy (non-hydrogen) atoms. The fourth-order valence-corrected chi connectivity index (χ4v) is 5.08. The summed E-state index contributed by atoms with van der Waals surface area (Å²) in [6, 6.07) is 14.7. The van der Waals surface area contributed by atoms with Gasteiger partial charge in [0.15, 0.2) is 5.03 Å². The second kappa shape index (κ2) is 9.23. The van der Waals surface area contributed by atoms with Crippen molar-refractivity contribution in [2.45, 2.75) is 37.8 Å². The molecule has 1 fully saturated rings. The first-order chi connectivity index (χ1) is 16.1. The Hall–Kier alpha value is -3.17. The standard InChI is InChI=1S/C24H26ClN5O3S/c1-16-13-15-30(24(16,2)3)22-17(8-7-14-26-22)23(31)29-34(32,33)21-12-6-11-20(28-21)27-19-10-5-4-9-18(19)25/h4-12,14,16H,13,15H2,1-3H3,(H,27,28)(H,29,31). The fraction of sp³-hybridized carbons (Fsp3) is 0.292. The van der Waals surface area contributed by atoms with Gasteiger partial charge in [-0.1, -0.05) is 36.7 Å². The lowest BCUT2D eigenvalue weighted by Crippen LogP contribution is -2.43. The highest BCUT2D eigenvalue weighted by atomic mass is 35.5. The lowest BCUT2D eigenvalue weighted by atomic mass is 9.90. The number of halogens is 1. The highest BCUT2D eigenvalue weighted by Gasteiger charge is 2.40. The molecule has 0 aliphatic carbocycles. The van der Waals surface area contributed by atoms with Crippen molar-refractivity contribution in [1.29, 1.82) is 0 Å². The summed E-state index contributed by atoms with van der Waals surface area (Å²) in [7, 11) is -4.24. The van der Waals surface area contributed by atoms with Gasteiger partial charge in [0.25, 0.3) is 15.9 Å². The largest absolute Gasteiger partial charge is 0.351 e. The van der Waals surface area contributed by atoms with Crippen LogP contribution in [0.25, 0.3) is 0 Å². The van der Waals surface area contributed by atoms with Crippen LogP contribution in [-0.2, 0) is 10.0 Å². The third-order valence-corrected chi connectivity index (χ3v) is 7.90. The number of para-hydroxylation sites is 1. The van der Waals surface area contributed by atoms with Crippen LogP contribution in [-0.4, -0.2) is 36.4 Å². The van der Waals surface area contributed by atoms with Crippen LogP contribution in [0.1, 0.15) is 37.6 Å². The normalized spacial score (nSPS) is 17.4. The number of amides is 1. The van der Waals surface area contributed by atoms with E-state index < -0.39 is 15.9 Å². The summed E-state index contributed by atoms with van der Waals surface area (Å²) in [6.45, 7) is 7.08. The molecular formula is C24H26ClN5O3S. The molecule has 2 N–H and O–H groups in total. The van der Waals surface area contributed by atoms with Crippen molar-refractivity contribution >= 4 is 44.9 Å². The molecule has 1 aliphatic rings. The first-order valence-electron chi connectivity index (χ1n) is 10.9. The van der Waals surface area contributed by atoms with Gasteiger partial charge < -0.3 is 10.2 Å². The lowest BCUT2D eigenvalue weighted by molar-refractivity contribution is 0.0981. The molecule has 0 spiro atoms. The summed E-state index contributed by atoms with van der Waals surface area (Å²) in [5.41, 5.74) is 0.555. The van der Waals surface area contributed by atoms with Gasteiger partial charge in [-0.2, -0.15) is 8.42 Å². The van der Waals surface area contributed by atoms with E-state index >= 15 is 0 Å². The number of sulfonamides is 1. The topological polar surface area (TPSA) is 104 Å². The third-order valence-electron chi connectivity index (χ3n) is 6.34. The van der Waals surface area contributed by atoms with Crippen molar-refractivity contribution in [3.8, 4) is 0 Å². The third kappa shape index (κ3) is 4.71. The Morgan fingerprint density at radius 3 is 2.59 bits per heavy atom. The number of aromatic nitrogens is 2. The molecule has 1 aromatic carbocycles. The molecule has 1 unspecified atom stereocenters. The predicted molar refractivity (Wildman–Crippen MR) is 133 cm³/mol. The Labute approximate surface area is 204 Å².